The zero-order chi connectivity index (χ0) is 18.5. The first-order chi connectivity index (χ1) is 12.6. The number of amides is 1. The number of benzene rings is 2. The number of piperazine rings is 1. The van der Waals surface area contributed by atoms with E-state index in [1.165, 1.54) is 0 Å². The number of anilines is 2. The molecule has 1 amide bonds. The van der Waals surface area contributed by atoms with Crippen LogP contribution < -0.4 is 14.5 Å². The summed E-state index contributed by atoms with van der Waals surface area (Å²) in [6.07, 6.45) is 0. The van der Waals surface area contributed by atoms with Gasteiger partial charge >= 0.3 is 0 Å². The van der Waals surface area contributed by atoms with Crippen LogP contribution in [0.4, 0.5) is 11.4 Å². The van der Waals surface area contributed by atoms with Crippen LogP contribution in [-0.2, 0) is 0 Å². The van der Waals surface area contributed by atoms with Crippen LogP contribution in [0.1, 0.15) is 17.3 Å². The largest absolute Gasteiger partial charge is 0.492 e. The normalized spacial score (nSPS) is 14.3. The maximum absolute atomic E-state index is 12.8. The van der Waals surface area contributed by atoms with Crippen LogP contribution in [0, 0.1) is 0 Å². The van der Waals surface area contributed by atoms with Crippen LogP contribution in [0.2, 0.25) is 0 Å². The number of ether oxygens (including phenoxy) is 1. The minimum Gasteiger partial charge on any atom is -0.492 e. The SMILES string of the molecule is CCOc1ccccc1N1CCN(C(=O)c2ccc(N(C)C)cc2)CC1. The van der Waals surface area contributed by atoms with Crippen molar-refractivity contribution in [2.45, 2.75) is 6.92 Å². The van der Waals surface area contributed by atoms with Crippen molar-refractivity contribution >= 4 is 17.3 Å². The Labute approximate surface area is 155 Å². The second-order valence-corrected chi connectivity index (χ2v) is 6.62. The molecule has 26 heavy (non-hydrogen) atoms. The van der Waals surface area contributed by atoms with Crippen LogP contribution in [0.3, 0.4) is 0 Å². The molecule has 0 N–H and O–H groups in total. The molecule has 1 heterocycles. The standard InChI is InChI=1S/C21H27N3O2/c1-4-26-20-8-6-5-7-19(20)23-13-15-24(16-14-23)21(25)17-9-11-18(12-10-17)22(2)3/h5-12H,4,13-16H2,1-3H3. The van der Waals surface area contributed by atoms with E-state index in [-0.39, 0.29) is 5.91 Å². The molecule has 0 spiro atoms. The van der Waals surface area contributed by atoms with Gasteiger partial charge in [0.1, 0.15) is 5.75 Å². The van der Waals surface area contributed by atoms with Crippen LogP contribution in [0.15, 0.2) is 48.5 Å². The Bertz CT molecular complexity index is 735. The molecule has 0 aromatic heterocycles. The Balaban J connectivity index is 1.64. The molecule has 1 fully saturated rings. The summed E-state index contributed by atoms with van der Waals surface area (Å²) in [5.41, 5.74) is 2.95. The van der Waals surface area contributed by atoms with Gasteiger partial charge in [-0.05, 0) is 43.3 Å². The molecule has 0 atom stereocenters. The molecule has 3 rings (SSSR count). The van der Waals surface area contributed by atoms with Crippen molar-refractivity contribution < 1.29 is 9.53 Å². The van der Waals surface area contributed by atoms with E-state index in [0.717, 1.165) is 35.8 Å². The molecule has 1 aliphatic rings. The fourth-order valence-electron chi connectivity index (χ4n) is 3.23. The van der Waals surface area contributed by atoms with Crippen molar-refractivity contribution in [3.8, 4) is 5.75 Å². The predicted octanol–water partition coefficient (Wildman–Crippen LogP) is 3.11. The van der Waals surface area contributed by atoms with E-state index in [0.29, 0.717) is 19.7 Å². The van der Waals surface area contributed by atoms with Gasteiger partial charge in [0, 0.05) is 51.5 Å². The average molecular weight is 353 g/mol. The maximum Gasteiger partial charge on any atom is 0.253 e. The smallest absolute Gasteiger partial charge is 0.253 e. The number of nitrogens with zero attached hydrogens (tertiary/aromatic N) is 3. The zero-order valence-corrected chi connectivity index (χ0v) is 15.8. The topological polar surface area (TPSA) is 36.0 Å². The molecule has 0 radical (unpaired) electrons. The molecule has 5 nitrogen and oxygen atoms in total. The Morgan fingerprint density at radius 2 is 1.65 bits per heavy atom. The lowest BCUT2D eigenvalue weighted by Gasteiger charge is -2.36. The van der Waals surface area contributed by atoms with Gasteiger partial charge in [-0.25, -0.2) is 0 Å². The van der Waals surface area contributed by atoms with Gasteiger partial charge in [-0.1, -0.05) is 12.1 Å². The number of hydrogen-bond acceptors (Lipinski definition) is 4. The Kier molecular flexibility index (Phi) is 5.66. The number of hydrogen-bond donors (Lipinski definition) is 0. The molecule has 0 saturated carbocycles. The van der Waals surface area contributed by atoms with Gasteiger partial charge in [0.05, 0.1) is 12.3 Å². The molecule has 0 unspecified atom stereocenters. The number of carbonyl (C=O) groups is 1. The van der Waals surface area contributed by atoms with Crippen molar-refractivity contribution in [1.29, 1.82) is 0 Å². The van der Waals surface area contributed by atoms with Gasteiger partial charge in [-0.2, -0.15) is 0 Å². The van der Waals surface area contributed by atoms with Crippen LogP contribution in [0.25, 0.3) is 0 Å². The third-order valence-corrected chi connectivity index (χ3v) is 4.70. The predicted molar refractivity (Wildman–Crippen MR) is 106 cm³/mol. The third-order valence-electron chi connectivity index (χ3n) is 4.70. The molecule has 1 aliphatic heterocycles. The Morgan fingerprint density at radius 3 is 2.27 bits per heavy atom. The summed E-state index contributed by atoms with van der Waals surface area (Å²) in [4.78, 5) is 19.0. The lowest BCUT2D eigenvalue weighted by atomic mass is 10.1. The lowest BCUT2D eigenvalue weighted by Crippen LogP contribution is -2.48. The minimum atomic E-state index is 0.105. The molecular formula is C21H27N3O2. The first-order valence-electron chi connectivity index (χ1n) is 9.13. The zero-order valence-electron chi connectivity index (χ0n) is 15.8. The Hall–Kier alpha value is -2.69. The van der Waals surface area contributed by atoms with Crippen molar-refractivity contribution in [2.24, 2.45) is 0 Å². The van der Waals surface area contributed by atoms with Crippen molar-refractivity contribution in [3.05, 3.63) is 54.1 Å². The van der Waals surface area contributed by atoms with Crippen molar-refractivity contribution in [2.75, 3.05) is 56.7 Å². The van der Waals surface area contributed by atoms with Gasteiger partial charge in [0.25, 0.3) is 5.91 Å². The molecule has 2 aromatic carbocycles. The number of rotatable bonds is 5. The second kappa shape index (κ2) is 8.13. The van der Waals surface area contributed by atoms with Gasteiger partial charge in [0.15, 0.2) is 0 Å². The third kappa shape index (κ3) is 3.93. The van der Waals surface area contributed by atoms with Crippen molar-refractivity contribution in [1.82, 2.24) is 4.90 Å². The summed E-state index contributed by atoms with van der Waals surface area (Å²) < 4.78 is 5.74. The van der Waals surface area contributed by atoms with Crippen LogP contribution in [0.5, 0.6) is 5.75 Å². The summed E-state index contributed by atoms with van der Waals surface area (Å²) in [7, 11) is 3.99. The molecule has 5 heteroatoms. The maximum atomic E-state index is 12.8. The van der Waals surface area contributed by atoms with E-state index in [2.05, 4.69) is 11.0 Å². The van der Waals surface area contributed by atoms with Gasteiger partial charge in [-0.3, -0.25) is 4.79 Å². The molecule has 0 bridgehead atoms. The summed E-state index contributed by atoms with van der Waals surface area (Å²) in [6, 6.07) is 15.9. The fraction of sp³-hybridized carbons (Fsp3) is 0.381. The monoisotopic (exact) mass is 353 g/mol. The van der Waals surface area contributed by atoms with Gasteiger partial charge in [0.2, 0.25) is 0 Å². The number of carbonyl (C=O) groups excluding carboxylic acids is 1. The second-order valence-electron chi connectivity index (χ2n) is 6.62. The summed E-state index contributed by atoms with van der Waals surface area (Å²) in [5.74, 6) is 1.02. The van der Waals surface area contributed by atoms with E-state index >= 15 is 0 Å². The van der Waals surface area contributed by atoms with Crippen molar-refractivity contribution in [3.63, 3.8) is 0 Å². The molecule has 0 aliphatic carbocycles. The first kappa shape index (κ1) is 18.1. The first-order valence-corrected chi connectivity index (χ1v) is 9.13. The fourth-order valence-corrected chi connectivity index (χ4v) is 3.23. The summed E-state index contributed by atoms with van der Waals surface area (Å²) >= 11 is 0. The van der Waals surface area contributed by atoms with E-state index < -0.39 is 0 Å². The van der Waals surface area contributed by atoms with Crippen LogP contribution in [-0.4, -0.2) is 57.7 Å². The van der Waals surface area contributed by atoms with E-state index in [9.17, 15) is 4.79 Å². The summed E-state index contributed by atoms with van der Waals surface area (Å²) in [5, 5.41) is 0. The van der Waals surface area contributed by atoms with E-state index in [4.69, 9.17) is 4.74 Å². The van der Waals surface area contributed by atoms with E-state index in [1.807, 2.05) is 73.3 Å². The highest BCUT2D eigenvalue weighted by Gasteiger charge is 2.23. The molecular weight excluding hydrogens is 326 g/mol. The van der Waals surface area contributed by atoms with Crippen LogP contribution >= 0.6 is 0 Å². The Morgan fingerprint density at radius 1 is 1.00 bits per heavy atom. The highest BCUT2D eigenvalue weighted by Crippen LogP contribution is 2.29. The van der Waals surface area contributed by atoms with Gasteiger partial charge < -0.3 is 19.4 Å². The quantitative estimate of drug-likeness (QED) is 0.827. The lowest BCUT2D eigenvalue weighted by molar-refractivity contribution is 0.0746. The summed E-state index contributed by atoms with van der Waals surface area (Å²) in [6.45, 7) is 5.70. The van der Waals surface area contributed by atoms with Gasteiger partial charge in [-0.15, -0.1) is 0 Å². The molecule has 1 saturated heterocycles. The highest BCUT2D eigenvalue weighted by molar-refractivity contribution is 5.94. The minimum absolute atomic E-state index is 0.105. The molecule has 2 aromatic rings. The molecule has 138 valence electrons. The average Bonchev–Trinajstić information content (AvgIpc) is 2.68. The van der Waals surface area contributed by atoms with E-state index in [1.54, 1.807) is 0 Å². The highest BCUT2D eigenvalue weighted by atomic mass is 16.5. The number of para-hydroxylation sites is 2.